The van der Waals surface area contributed by atoms with Crippen LogP contribution in [0.1, 0.15) is 0 Å². The molecule has 176 valence electrons. The Bertz CT molecular complexity index is 1990. The fourth-order valence-electron chi connectivity index (χ4n) is 6.28. The number of fused-ring (bicyclic) bond motifs is 4. The first-order valence-electron chi connectivity index (χ1n) is 13.1. The number of hydrogen-bond acceptors (Lipinski definition) is 1. The van der Waals surface area contributed by atoms with Crippen LogP contribution in [0, 0.1) is 0 Å². The Morgan fingerprint density at radius 3 is 1.76 bits per heavy atom. The largest absolute Gasteiger partial charge is 0.263 e. The summed E-state index contributed by atoms with van der Waals surface area (Å²) in [5, 5.41) is 4.98. The van der Waals surface area contributed by atoms with Gasteiger partial charge in [0.1, 0.15) is 0 Å². The van der Waals surface area contributed by atoms with Crippen molar-refractivity contribution in [2.24, 2.45) is 0 Å². The van der Waals surface area contributed by atoms with E-state index in [1.165, 1.54) is 66.2 Å². The van der Waals surface area contributed by atoms with E-state index in [2.05, 4.69) is 127 Å². The lowest BCUT2D eigenvalue weighted by Crippen LogP contribution is -1.95. The highest BCUT2D eigenvalue weighted by Gasteiger charge is 2.30. The van der Waals surface area contributed by atoms with Crippen molar-refractivity contribution in [3.8, 4) is 55.6 Å². The lowest BCUT2D eigenvalue weighted by Gasteiger charge is -2.21. The van der Waals surface area contributed by atoms with Crippen molar-refractivity contribution in [3.05, 3.63) is 140 Å². The van der Waals surface area contributed by atoms with Crippen LogP contribution in [0.2, 0.25) is 0 Å². The number of nitrogens with zero attached hydrogens (tertiary/aromatic N) is 1. The zero-order valence-electron chi connectivity index (χ0n) is 20.7. The summed E-state index contributed by atoms with van der Waals surface area (Å²) in [4.78, 5) is 4.70. The molecule has 0 saturated heterocycles. The van der Waals surface area contributed by atoms with Crippen molar-refractivity contribution in [1.82, 2.24) is 4.98 Å². The summed E-state index contributed by atoms with van der Waals surface area (Å²) < 4.78 is 0. The Balaban J connectivity index is 1.61. The lowest BCUT2D eigenvalue weighted by molar-refractivity contribution is 1.36. The summed E-state index contributed by atoms with van der Waals surface area (Å²) in [6.45, 7) is 0. The van der Waals surface area contributed by atoms with Gasteiger partial charge in [-0.3, -0.25) is 4.98 Å². The van der Waals surface area contributed by atoms with Gasteiger partial charge in [-0.15, -0.1) is 0 Å². The zero-order chi connectivity index (χ0) is 25.1. The number of aromatic nitrogens is 1. The van der Waals surface area contributed by atoms with E-state index >= 15 is 0 Å². The van der Waals surface area contributed by atoms with Gasteiger partial charge in [-0.25, -0.2) is 0 Å². The Morgan fingerprint density at radius 2 is 1.00 bits per heavy atom. The second-order valence-electron chi connectivity index (χ2n) is 9.95. The van der Waals surface area contributed by atoms with Crippen molar-refractivity contribution in [3.63, 3.8) is 0 Å². The van der Waals surface area contributed by atoms with E-state index in [0.29, 0.717) is 0 Å². The van der Waals surface area contributed by atoms with Crippen LogP contribution in [0.25, 0.3) is 77.2 Å². The van der Waals surface area contributed by atoms with Crippen LogP contribution in [-0.2, 0) is 0 Å². The van der Waals surface area contributed by atoms with Crippen LogP contribution in [0.4, 0.5) is 0 Å². The smallest absolute Gasteiger partial charge is 0.0353 e. The van der Waals surface area contributed by atoms with Gasteiger partial charge in [0.2, 0.25) is 0 Å². The van der Waals surface area contributed by atoms with Crippen LogP contribution in [0.5, 0.6) is 0 Å². The minimum atomic E-state index is 1.15. The van der Waals surface area contributed by atoms with Crippen LogP contribution in [0.3, 0.4) is 0 Å². The normalized spacial score (nSPS) is 11.7. The van der Waals surface area contributed by atoms with Gasteiger partial charge in [0, 0.05) is 23.3 Å². The van der Waals surface area contributed by atoms with Gasteiger partial charge >= 0.3 is 0 Å². The van der Waals surface area contributed by atoms with Gasteiger partial charge in [-0.2, -0.15) is 0 Å². The van der Waals surface area contributed by atoms with Crippen LogP contribution < -0.4 is 0 Å². The summed E-state index contributed by atoms with van der Waals surface area (Å²) in [6, 6.07) is 46.1. The Hall–Kier alpha value is -5.01. The molecule has 1 aliphatic carbocycles. The highest BCUT2D eigenvalue weighted by atomic mass is 14.6. The van der Waals surface area contributed by atoms with Crippen molar-refractivity contribution < 1.29 is 0 Å². The molecule has 38 heavy (non-hydrogen) atoms. The molecule has 0 spiro atoms. The Kier molecular flexibility index (Phi) is 4.59. The third-order valence-corrected chi connectivity index (χ3v) is 7.88. The third-order valence-electron chi connectivity index (χ3n) is 7.88. The summed E-state index contributed by atoms with van der Waals surface area (Å²) in [5.41, 5.74) is 12.6. The molecule has 0 unspecified atom stereocenters. The molecule has 0 aliphatic heterocycles. The predicted molar refractivity (Wildman–Crippen MR) is 160 cm³/mol. The molecule has 1 heteroatoms. The molecule has 7 aromatic rings. The van der Waals surface area contributed by atoms with E-state index in [1.54, 1.807) is 0 Å². The molecule has 0 N–H and O–H groups in total. The molecular weight excluding hydrogens is 458 g/mol. The summed E-state index contributed by atoms with van der Waals surface area (Å²) >= 11 is 0. The molecule has 1 nitrogen and oxygen atoms in total. The molecule has 0 bridgehead atoms. The molecule has 0 atom stereocenters. The van der Waals surface area contributed by atoms with Crippen LogP contribution in [0.15, 0.2) is 140 Å². The highest BCUT2D eigenvalue weighted by molar-refractivity contribution is 6.23. The van der Waals surface area contributed by atoms with Crippen molar-refractivity contribution in [1.29, 1.82) is 0 Å². The van der Waals surface area contributed by atoms with E-state index < -0.39 is 0 Å². The molecule has 0 radical (unpaired) electrons. The predicted octanol–water partition coefficient (Wildman–Crippen LogP) is 10.0. The fraction of sp³-hybridized carbons (Fsp3) is 0. The number of benzene rings is 6. The maximum Gasteiger partial charge on any atom is 0.0353 e. The van der Waals surface area contributed by atoms with Crippen molar-refractivity contribution in [2.75, 3.05) is 0 Å². The Morgan fingerprint density at radius 1 is 0.368 bits per heavy atom. The number of hydrogen-bond donors (Lipinski definition) is 0. The molecule has 0 amide bonds. The molecule has 1 heterocycles. The zero-order valence-corrected chi connectivity index (χ0v) is 20.7. The van der Waals surface area contributed by atoms with Crippen molar-refractivity contribution >= 4 is 21.5 Å². The monoisotopic (exact) mass is 481 g/mol. The van der Waals surface area contributed by atoms with Gasteiger partial charge in [0.05, 0.1) is 0 Å². The number of rotatable bonds is 3. The molecule has 8 rings (SSSR count). The molecule has 0 saturated carbocycles. The summed E-state index contributed by atoms with van der Waals surface area (Å²) in [7, 11) is 0. The fourth-order valence-corrected chi connectivity index (χ4v) is 6.28. The first kappa shape index (κ1) is 21.1. The molecular formula is C37H23N. The minimum Gasteiger partial charge on any atom is -0.263 e. The minimum absolute atomic E-state index is 1.15. The van der Waals surface area contributed by atoms with E-state index in [9.17, 15) is 0 Å². The Labute approximate surface area is 221 Å². The van der Waals surface area contributed by atoms with Gasteiger partial charge in [-0.05, 0) is 72.3 Å². The summed E-state index contributed by atoms with van der Waals surface area (Å²) in [6.07, 6.45) is 4.00. The highest BCUT2D eigenvalue weighted by Crippen LogP contribution is 2.57. The second-order valence-corrected chi connectivity index (χ2v) is 9.95. The first-order valence-corrected chi connectivity index (χ1v) is 13.1. The third kappa shape index (κ3) is 3.02. The second kappa shape index (κ2) is 8.26. The average molecular weight is 482 g/mol. The van der Waals surface area contributed by atoms with Crippen LogP contribution >= 0.6 is 0 Å². The van der Waals surface area contributed by atoms with Gasteiger partial charge in [0.15, 0.2) is 0 Å². The maximum atomic E-state index is 4.70. The van der Waals surface area contributed by atoms with E-state index in [4.69, 9.17) is 4.98 Å². The van der Waals surface area contributed by atoms with Crippen LogP contribution in [-0.4, -0.2) is 4.98 Å². The van der Waals surface area contributed by atoms with E-state index in [1.807, 2.05) is 12.4 Å². The molecule has 0 fully saturated rings. The topological polar surface area (TPSA) is 12.9 Å². The van der Waals surface area contributed by atoms with Gasteiger partial charge < -0.3 is 0 Å². The molecule has 1 aromatic heterocycles. The van der Waals surface area contributed by atoms with Gasteiger partial charge in [0.25, 0.3) is 0 Å². The molecule has 6 aromatic carbocycles. The SMILES string of the molecule is c1ccc(-c2cc(-c3cncc4ccccc34)c(-c3ccccc3)c3c2-c2cccc4cccc-3c24)cc1. The summed E-state index contributed by atoms with van der Waals surface area (Å²) in [5.74, 6) is 0. The quantitative estimate of drug-likeness (QED) is 0.245. The van der Waals surface area contributed by atoms with Crippen molar-refractivity contribution in [2.45, 2.75) is 0 Å². The van der Waals surface area contributed by atoms with E-state index in [-0.39, 0.29) is 0 Å². The van der Waals surface area contributed by atoms with Gasteiger partial charge in [-0.1, -0.05) is 121 Å². The molecule has 1 aliphatic rings. The first-order chi connectivity index (χ1) is 18.9. The standard InChI is InChI=1S/C37H23N/c1-3-11-24(12-4-1)31-21-32(33-23-38-22-27-15-7-8-18-28(27)33)35(26-13-5-2-6-14-26)37-30-20-10-17-25-16-9-19-29(34(25)30)36(31)37/h1-23H. The lowest BCUT2D eigenvalue weighted by atomic mass is 9.82. The average Bonchev–Trinajstić information content (AvgIpc) is 3.33. The number of pyridine rings is 1. The maximum absolute atomic E-state index is 4.70. The van der Waals surface area contributed by atoms with E-state index in [0.717, 1.165) is 10.9 Å².